The predicted octanol–water partition coefficient (Wildman–Crippen LogP) is 2.89. The largest absolute Gasteiger partial charge is 0.316 e. The van der Waals surface area contributed by atoms with Crippen molar-refractivity contribution >= 4 is 0 Å². The first-order valence-electron chi connectivity index (χ1n) is 6.90. The van der Waals surface area contributed by atoms with Crippen molar-refractivity contribution in [2.75, 3.05) is 20.1 Å². The minimum atomic E-state index is 0.371. The van der Waals surface area contributed by atoms with E-state index in [0.717, 1.165) is 6.04 Å². The van der Waals surface area contributed by atoms with Gasteiger partial charge in [-0.3, -0.25) is 0 Å². The van der Waals surface area contributed by atoms with E-state index in [2.05, 4.69) is 45.0 Å². The van der Waals surface area contributed by atoms with Gasteiger partial charge in [-0.15, -0.1) is 0 Å². The molecular weight excluding hydrogens is 196 g/mol. The van der Waals surface area contributed by atoms with Gasteiger partial charge in [-0.05, 0) is 51.2 Å². The monoisotopic (exact) mass is 226 g/mol. The lowest BCUT2D eigenvalue weighted by Crippen LogP contribution is -2.41. The van der Waals surface area contributed by atoms with Crippen molar-refractivity contribution in [1.29, 1.82) is 0 Å². The van der Waals surface area contributed by atoms with E-state index in [1.54, 1.807) is 0 Å². The Balaban J connectivity index is 2.37. The van der Waals surface area contributed by atoms with Gasteiger partial charge in [-0.1, -0.05) is 27.7 Å². The van der Waals surface area contributed by atoms with Crippen molar-refractivity contribution in [2.45, 2.75) is 65.5 Å². The molecule has 0 saturated carbocycles. The Morgan fingerprint density at radius 3 is 2.56 bits per heavy atom. The van der Waals surface area contributed by atoms with Crippen molar-refractivity contribution in [3.05, 3.63) is 0 Å². The minimum absolute atomic E-state index is 0.371. The Hall–Kier alpha value is -0.0800. The quantitative estimate of drug-likeness (QED) is 0.775. The Labute approximate surface area is 102 Å². The second-order valence-electron chi connectivity index (χ2n) is 6.24. The summed E-state index contributed by atoms with van der Waals surface area (Å²) in [7, 11) is 2.09. The fourth-order valence-corrected chi connectivity index (χ4v) is 2.96. The highest BCUT2D eigenvalue weighted by Gasteiger charge is 2.26. The van der Waals surface area contributed by atoms with Crippen molar-refractivity contribution in [3.63, 3.8) is 0 Å². The molecule has 0 spiro atoms. The third kappa shape index (κ3) is 3.74. The molecule has 1 heterocycles. The van der Waals surface area contributed by atoms with Crippen LogP contribution in [0.3, 0.4) is 0 Å². The first-order valence-corrected chi connectivity index (χ1v) is 6.90. The second-order valence-corrected chi connectivity index (χ2v) is 6.24. The van der Waals surface area contributed by atoms with Gasteiger partial charge >= 0.3 is 0 Å². The summed E-state index contributed by atoms with van der Waals surface area (Å²) in [6.45, 7) is 11.9. The fourth-order valence-electron chi connectivity index (χ4n) is 2.96. The maximum atomic E-state index is 3.47. The molecule has 0 bridgehead atoms. The van der Waals surface area contributed by atoms with Crippen LogP contribution in [-0.4, -0.2) is 37.1 Å². The van der Waals surface area contributed by atoms with Gasteiger partial charge in [0.1, 0.15) is 0 Å². The van der Waals surface area contributed by atoms with Crippen LogP contribution in [0.15, 0.2) is 0 Å². The Kier molecular flexibility index (Phi) is 5.26. The van der Waals surface area contributed by atoms with E-state index in [0.29, 0.717) is 11.5 Å². The number of nitrogens with zero attached hydrogens (tertiary/aromatic N) is 1. The molecule has 2 nitrogen and oxygen atoms in total. The van der Waals surface area contributed by atoms with Crippen molar-refractivity contribution in [1.82, 2.24) is 10.2 Å². The van der Waals surface area contributed by atoms with Crippen LogP contribution in [-0.2, 0) is 0 Å². The summed E-state index contributed by atoms with van der Waals surface area (Å²) in [6.07, 6.45) is 5.41. The average molecular weight is 226 g/mol. The van der Waals surface area contributed by atoms with E-state index in [9.17, 15) is 0 Å². The van der Waals surface area contributed by atoms with Crippen molar-refractivity contribution < 1.29 is 0 Å². The third-order valence-corrected chi connectivity index (χ3v) is 4.07. The van der Waals surface area contributed by atoms with Crippen LogP contribution in [0.25, 0.3) is 0 Å². The van der Waals surface area contributed by atoms with E-state index in [1.165, 1.54) is 38.8 Å². The van der Waals surface area contributed by atoms with Gasteiger partial charge in [-0.2, -0.15) is 0 Å². The van der Waals surface area contributed by atoms with Gasteiger partial charge in [0.2, 0.25) is 0 Å². The van der Waals surface area contributed by atoms with Crippen molar-refractivity contribution in [3.8, 4) is 0 Å². The molecule has 0 radical (unpaired) electrons. The summed E-state index contributed by atoms with van der Waals surface area (Å²) >= 11 is 0. The summed E-state index contributed by atoms with van der Waals surface area (Å²) in [5, 5.41) is 3.47. The maximum Gasteiger partial charge on any atom is 0.0125 e. The van der Waals surface area contributed by atoms with Crippen LogP contribution in [0.5, 0.6) is 0 Å². The molecule has 96 valence electrons. The van der Waals surface area contributed by atoms with Gasteiger partial charge in [0.15, 0.2) is 0 Å². The van der Waals surface area contributed by atoms with E-state index in [4.69, 9.17) is 0 Å². The number of likely N-dealkylation sites (tertiary alicyclic amines) is 1. The first-order chi connectivity index (χ1) is 7.49. The molecule has 16 heavy (non-hydrogen) atoms. The van der Waals surface area contributed by atoms with Crippen LogP contribution in [0, 0.1) is 5.41 Å². The van der Waals surface area contributed by atoms with Crippen LogP contribution in [0.1, 0.15) is 53.4 Å². The molecule has 1 rings (SSSR count). The second kappa shape index (κ2) is 6.02. The van der Waals surface area contributed by atoms with Gasteiger partial charge < -0.3 is 10.2 Å². The van der Waals surface area contributed by atoms with Gasteiger partial charge in [0.05, 0.1) is 0 Å². The SMILES string of the molecule is CCC1CCCN1CCC(NC)C(C)(C)C. The molecule has 2 unspecified atom stereocenters. The van der Waals surface area contributed by atoms with Crippen LogP contribution in [0.4, 0.5) is 0 Å². The van der Waals surface area contributed by atoms with Crippen molar-refractivity contribution in [2.24, 2.45) is 5.41 Å². The molecule has 2 atom stereocenters. The van der Waals surface area contributed by atoms with E-state index < -0.39 is 0 Å². The number of nitrogens with one attached hydrogen (secondary N) is 1. The van der Waals surface area contributed by atoms with Crippen LogP contribution in [0.2, 0.25) is 0 Å². The number of hydrogen-bond donors (Lipinski definition) is 1. The minimum Gasteiger partial charge on any atom is -0.316 e. The molecular formula is C14H30N2. The topological polar surface area (TPSA) is 15.3 Å². The highest BCUT2D eigenvalue weighted by molar-refractivity contribution is 4.83. The molecule has 0 amide bonds. The normalized spacial score (nSPS) is 24.9. The Morgan fingerprint density at radius 2 is 2.06 bits per heavy atom. The zero-order valence-electron chi connectivity index (χ0n) is 11.8. The van der Waals surface area contributed by atoms with E-state index >= 15 is 0 Å². The van der Waals surface area contributed by atoms with Gasteiger partial charge in [0.25, 0.3) is 0 Å². The summed E-state index contributed by atoms with van der Waals surface area (Å²) in [5.41, 5.74) is 0.371. The fraction of sp³-hybridized carbons (Fsp3) is 1.00. The molecule has 1 aliphatic rings. The Morgan fingerprint density at radius 1 is 1.38 bits per heavy atom. The molecule has 0 aromatic rings. The molecule has 1 saturated heterocycles. The van der Waals surface area contributed by atoms with Crippen LogP contribution >= 0.6 is 0 Å². The lowest BCUT2D eigenvalue weighted by atomic mass is 9.85. The smallest absolute Gasteiger partial charge is 0.0125 e. The van der Waals surface area contributed by atoms with E-state index in [-0.39, 0.29) is 0 Å². The molecule has 2 heteroatoms. The van der Waals surface area contributed by atoms with E-state index in [1.807, 2.05) is 0 Å². The summed E-state index contributed by atoms with van der Waals surface area (Å²) in [4.78, 5) is 2.69. The maximum absolute atomic E-state index is 3.47. The highest BCUT2D eigenvalue weighted by Crippen LogP contribution is 2.24. The lowest BCUT2D eigenvalue weighted by Gasteiger charge is -2.33. The molecule has 0 aliphatic carbocycles. The standard InChI is InChI=1S/C14H30N2/c1-6-12-8-7-10-16(12)11-9-13(15-5)14(2,3)4/h12-13,15H,6-11H2,1-5H3. The summed E-state index contributed by atoms with van der Waals surface area (Å²) in [5.74, 6) is 0. The molecule has 1 N–H and O–H groups in total. The summed E-state index contributed by atoms with van der Waals surface area (Å²) < 4.78 is 0. The number of rotatable bonds is 5. The molecule has 1 fully saturated rings. The third-order valence-electron chi connectivity index (χ3n) is 4.07. The number of hydrogen-bond acceptors (Lipinski definition) is 2. The first kappa shape index (κ1) is 14.0. The zero-order chi connectivity index (χ0) is 12.2. The van der Waals surface area contributed by atoms with Gasteiger partial charge in [0, 0.05) is 12.1 Å². The average Bonchev–Trinajstić information content (AvgIpc) is 2.64. The molecule has 1 aliphatic heterocycles. The molecule has 0 aromatic heterocycles. The lowest BCUT2D eigenvalue weighted by molar-refractivity contribution is 0.198. The Bertz CT molecular complexity index is 195. The zero-order valence-corrected chi connectivity index (χ0v) is 11.8. The predicted molar refractivity (Wildman–Crippen MR) is 71.8 cm³/mol. The highest BCUT2D eigenvalue weighted by atomic mass is 15.2. The van der Waals surface area contributed by atoms with Crippen LogP contribution < -0.4 is 5.32 Å². The van der Waals surface area contributed by atoms with Gasteiger partial charge in [-0.25, -0.2) is 0 Å². The molecule has 0 aromatic carbocycles. The summed E-state index contributed by atoms with van der Waals surface area (Å²) in [6, 6.07) is 1.49.